The molecule has 3 N–H and O–H groups in total. The molecule has 0 unspecified atom stereocenters. The van der Waals surface area contributed by atoms with Crippen molar-refractivity contribution >= 4 is 27.1 Å². The van der Waals surface area contributed by atoms with E-state index in [4.69, 9.17) is 5.14 Å². The molecule has 0 bridgehead atoms. The molecule has 8 heteroatoms. The van der Waals surface area contributed by atoms with Crippen molar-refractivity contribution in [3.63, 3.8) is 0 Å². The highest BCUT2D eigenvalue weighted by Crippen LogP contribution is 2.25. The second-order valence-corrected chi connectivity index (χ2v) is 7.57. The van der Waals surface area contributed by atoms with Gasteiger partial charge in [-0.05, 0) is 38.4 Å². The van der Waals surface area contributed by atoms with E-state index in [1.807, 2.05) is 19.0 Å². The molecule has 0 fully saturated rings. The highest BCUT2D eigenvalue weighted by molar-refractivity contribution is 7.89. The van der Waals surface area contributed by atoms with E-state index < -0.39 is 10.0 Å². The summed E-state index contributed by atoms with van der Waals surface area (Å²) in [5, 5.41) is 16.2. The summed E-state index contributed by atoms with van der Waals surface area (Å²) in [6.45, 7) is 0.486. The van der Waals surface area contributed by atoms with Crippen LogP contribution in [-0.2, 0) is 16.6 Å². The van der Waals surface area contributed by atoms with Crippen molar-refractivity contribution in [3.05, 3.63) is 45.6 Å². The first-order valence-electron chi connectivity index (χ1n) is 6.31. The Kier molecular flexibility index (Phi) is 4.66. The fraction of sp³-hybridized carbons (Fsp3) is 0.214. The summed E-state index contributed by atoms with van der Waals surface area (Å²) < 4.78 is 22.5. The summed E-state index contributed by atoms with van der Waals surface area (Å²) in [4.78, 5) is 14.5. The first-order valence-corrected chi connectivity index (χ1v) is 8.73. The van der Waals surface area contributed by atoms with E-state index in [1.165, 1.54) is 23.6 Å². The minimum atomic E-state index is -3.82. The number of nitrogens with zero attached hydrogens (tertiary/aromatic N) is 1. The quantitative estimate of drug-likeness (QED) is 0.801. The first kappa shape index (κ1) is 16.6. The minimum Gasteiger partial charge on any atom is -0.508 e. The number of hydrogen-bond acceptors (Lipinski definition) is 6. The summed E-state index contributed by atoms with van der Waals surface area (Å²) in [5.74, 6) is -0.193. The molecule has 0 radical (unpaired) electrons. The molecule has 22 heavy (non-hydrogen) atoms. The molecule has 0 spiro atoms. The van der Waals surface area contributed by atoms with Gasteiger partial charge < -0.3 is 10.0 Å². The Hall–Kier alpha value is -1.74. The van der Waals surface area contributed by atoms with E-state index in [2.05, 4.69) is 0 Å². The summed E-state index contributed by atoms with van der Waals surface area (Å²) in [5.41, 5.74) is 1.01. The van der Waals surface area contributed by atoms with Crippen LogP contribution in [0.5, 0.6) is 5.75 Å². The topological polar surface area (TPSA) is 101 Å². The number of primary sulfonamides is 1. The Bertz CT molecular complexity index is 810. The monoisotopic (exact) mass is 340 g/mol. The lowest BCUT2D eigenvalue weighted by atomic mass is 10.0. The van der Waals surface area contributed by atoms with Gasteiger partial charge in [0.05, 0.1) is 9.77 Å². The molecule has 1 aromatic heterocycles. The lowest BCUT2D eigenvalue weighted by molar-refractivity contribution is 0.104. The fourth-order valence-electron chi connectivity index (χ4n) is 1.92. The number of phenols is 1. The number of phenolic OH excluding ortho intramolecular Hbond substituents is 1. The van der Waals surface area contributed by atoms with Gasteiger partial charge in [0.2, 0.25) is 15.8 Å². The molecule has 0 aliphatic carbocycles. The Morgan fingerprint density at radius 1 is 1.32 bits per heavy atom. The van der Waals surface area contributed by atoms with Crippen molar-refractivity contribution < 1.29 is 18.3 Å². The number of nitrogens with two attached hydrogens (primary N) is 1. The van der Waals surface area contributed by atoms with Gasteiger partial charge >= 0.3 is 0 Å². The second kappa shape index (κ2) is 6.17. The van der Waals surface area contributed by atoms with Crippen molar-refractivity contribution in [1.29, 1.82) is 0 Å². The van der Waals surface area contributed by atoms with Crippen LogP contribution in [0.3, 0.4) is 0 Å². The zero-order valence-electron chi connectivity index (χ0n) is 12.1. The molecule has 0 atom stereocenters. The van der Waals surface area contributed by atoms with Gasteiger partial charge in [0.1, 0.15) is 5.75 Å². The molecule has 1 heterocycles. The summed E-state index contributed by atoms with van der Waals surface area (Å²) in [6.07, 6.45) is 0. The number of aromatic hydroxyl groups is 1. The number of hydrogen-bond donors (Lipinski definition) is 2. The van der Waals surface area contributed by atoms with Gasteiger partial charge in [-0.2, -0.15) is 0 Å². The number of ketones is 1. The van der Waals surface area contributed by atoms with Gasteiger partial charge in [-0.3, -0.25) is 4.79 Å². The summed E-state index contributed by atoms with van der Waals surface area (Å²) >= 11 is 1.02. The molecule has 0 amide bonds. The number of benzene rings is 1. The fourth-order valence-corrected chi connectivity index (χ4v) is 3.69. The largest absolute Gasteiger partial charge is 0.508 e. The number of carbonyl (C=O) groups excluding carboxylic acids is 1. The molecule has 0 saturated heterocycles. The highest BCUT2D eigenvalue weighted by atomic mass is 32.2. The zero-order chi connectivity index (χ0) is 16.5. The summed E-state index contributed by atoms with van der Waals surface area (Å²) in [6, 6.07) is 5.84. The predicted octanol–water partition coefficient (Wildman–Crippen LogP) is 1.39. The average Bonchev–Trinajstić information content (AvgIpc) is 2.89. The zero-order valence-corrected chi connectivity index (χ0v) is 13.7. The third-order valence-corrected chi connectivity index (χ3v) is 4.93. The third-order valence-electron chi connectivity index (χ3n) is 2.96. The highest BCUT2D eigenvalue weighted by Gasteiger charge is 2.17. The van der Waals surface area contributed by atoms with E-state index in [0.29, 0.717) is 17.7 Å². The summed E-state index contributed by atoms with van der Waals surface area (Å²) in [7, 11) is -0.111. The van der Waals surface area contributed by atoms with E-state index in [0.717, 1.165) is 11.3 Å². The van der Waals surface area contributed by atoms with Crippen molar-refractivity contribution in [2.75, 3.05) is 14.1 Å². The maximum atomic E-state index is 12.4. The Balaban J connectivity index is 2.35. The lowest BCUT2D eigenvalue weighted by Gasteiger charge is -2.12. The molecule has 2 aromatic rings. The molecule has 0 aliphatic heterocycles. The van der Waals surface area contributed by atoms with Gasteiger partial charge in [-0.25, -0.2) is 13.6 Å². The van der Waals surface area contributed by atoms with Crippen LogP contribution in [0.25, 0.3) is 0 Å². The Morgan fingerprint density at radius 3 is 2.55 bits per heavy atom. The van der Waals surface area contributed by atoms with Gasteiger partial charge in [0.15, 0.2) is 0 Å². The van der Waals surface area contributed by atoms with Gasteiger partial charge in [0, 0.05) is 23.1 Å². The van der Waals surface area contributed by atoms with Gasteiger partial charge in [0.25, 0.3) is 0 Å². The average molecular weight is 340 g/mol. The molecule has 6 nitrogen and oxygen atoms in total. The van der Waals surface area contributed by atoms with Crippen molar-refractivity contribution in [2.45, 2.75) is 11.4 Å². The number of carbonyl (C=O) groups is 1. The van der Waals surface area contributed by atoms with Crippen molar-refractivity contribution in [1.82, 2.24) is 4.90 Å². The number of thiophene rings is 1. The molecule has 2 rings (SSSR count). The second-order valence-electron chi connectivity index (χ2n) is 5.10. The molecule has 118 valence electrons. The van der Waals surface area contributed by atoms with E-state index in [-0.39, 0.29) is 21.3 Å². The minimum absolute atomic E-state index is 0.0758. The molecular weight excluding hydrogens is 324 g/mol. The Morgan fingerprint density at radius 2 is 2.00 bits per heavy atom. The van der Waals surface area contributed by atoms with Crippen molar-refractivity contribution in [2.24, 2.45) is 5.14 Å². The van der Waals surface area contributed by atoms with Crippen LogP contribution < -0.4 is 5.14 Å². The van der Waals surface area contributed by atoms with Crippen LogP contribution in [0.1, 0.15) is 20.8 Å². The first-order chi connectivity index (χ1) is 10.2. The van der Waals surface area contributed by atoms with Crippen LogP contribution in [0, 0.1) is 0 Å². The third kappa shape index (κ3) is 3.72. The normalized spacial score (nSPS) is 11.8. The van der Waals surface area contributed by atoms with Crippen LogP contribution in [0.4, 0.5) is 0 Å². The molecule has 0 saturated carbocycles. The van der Waals surface area contributed by atoms with Crippen LogP contribution in [0.2, 0.25) is 0 Å². The van der Waals surface area contributed by atoms with Crippen LogP contribution in [-0.4, -0.2) is 38.3 Å². The molecular formula is C14H16N2O4S2. The molecule has 1 aromatic carbocycles. The molecule has 0 aliphatic rings. The SMILES string of the molecule is CN(C)Cc1cc(C(=O)c2cc(S(N)(=O)=O)cs2)ccc1O. The number of rotatable bonds is 5. The Labute approximate surface area is 132 Å². The number of sulfonamides is 1. The van der Waals surface area contributed by atoms with Crippen LogP contribution >= 0.6 is 11.3 Å². The smallest absolute Gasteiger partial charge is 0.238 e. The van der Waals surface area contributed by atoms with E-state index >= 15 is 0 Å². The van der Waals surface area contributed by atoms with Crippen molar-refractivity contribution in [3.8, 4) is 5.75 Å². The standard InChI is InChI=1S/C14H16N2O4S2/c1-16(2)7-10-5-9(3-4-12(10)17)14(18)13-6-11(8-21-13)22(15,19)20/h3-6,8,17H,7H2,1-2H3,(H2,15,19,20). The maximum Gasteiger partial charge on any atom is 0.238 e. The van der Waals surface area contributed by atoms with Crippen LogP contribution in [0.15, 0.2) is 34.5 Å². The predicted molar refractivity (Wildman–Crippen MR) is 84.6 cm³/mol. The van der Waals surface area contributed by atoms with E-state index in [9.17, 15) is 18.3 Å². The van der Waals surface area contributed by atoms with Gasteiger partial charge in [-0.1, -0.05) is 0 Å². The maximum absolute atomic E-state index is 12.4. The van der Waals surface area contributed by atoms with Gasteiger partial charge in [-0.15, -0.1) is 11.3 Å². The van der Waals surface area contributed by atoms with E-state index in [1.54, 1.807) is 6.07 Å². The lowest BCUT2D eigenvalue weighted by Crippen LogP contribution is -2.12.